The number of rotatable bonds is 4. The zero-order valence-electron chi connectivity index (χ0n) is 11.1. The van der Waals surface area contributed by atoms with Gasteiger partial charge in [0.25, 0.3) is 5.91 Å². The molecule has 0 saturated carbocycles. The normalized spacial score (nSPS) is 11.9. The second kappa shape index (κ2) is 6.91. The molecule has 2 rings (SSSR count). The first-order valence-electron chi connectivity index (χ1n) is 6.29. The Morgan fingerprint density at radius 2 is 1.95 bits per heavy atom. The van der Waals surface area contributed by atoms with Gasteiger partial charge in [-0.15, -0.1) is 0 Å². The molecule has 0 spiro atoms. The standard InChI is InChI=1S/C16H15BrClNO/c1-11-9-13(18)7-8-14(11)16(20)19-15(10-17)12-5-3-2-4-6-12/h2-9,15H,10H2,1H3,(H,19,20). The maximum absolute atomic E-state index is 12.3. The Balaban J connectivity index is 2.17. The highest BCUT2D eigenvalue weighted by molar-refractivity contribution is 9.09. The van der Waals surface area contributed by atoms with Crippen molar-refractivity contribution in [1.29, 1.82) is 0 Å². The van der Waals surface area contributed by atoms with E-state index in [4.69, 9.17) is 11.6 Å². The van der Waals surface area contributed by atoms with Crippen LogP contribution in [0, 0.1) is 6.92 Å². The topological polar surface area (TPSA) is 29.1 Å². The lowest BCUT2D eigenvalue weighted by Gasteiger charge is -2.17. The van der Waals surface area contributed by atoms with Crippen molar-refractivity contribution in [3.8, 4) is 0 Å². The van der Waals surface area contributed by atoms with E-state index in [1.165, 1.54) is 0 Å². The van der Waals surface area contributed by atoms with Gasteiger partial charge < -0.3 is 5.32 Å². The summed E-state index contributed by atoms with van der Waals surface area (Å²) in [5, 5.41) is 4.33. The molecular weight excluding hydrogens is 338 g/mol. The quantitative estimate of drug-likeness (QED) is 0.806. The largest absolute Gasteiger partial charge is 0.344 e. The van der Waals surface area contributed by atoms with Crippen LogP contribution in [0.3, 0.4) is 0 Å². The lowest BCUT2D eigenvalue weighted by atomic mass is 10.1. The zero-order valence-corrected chi connectivity index (χ0v) is 13.4. The van der Waals surface area contributed by atoms with Gasteiger partial charge >= 0.3 is 0 Å². The Kier molecular flexibility index (Phi) is 5.21. The van der Waals surface area contributed by atoms with E-state index in [1.807, 2.05) is 37.3 Å². The molecule has 2 aromatic rings. The molecule has 0 bridgehead atoms. The first-order valence-corrected chi connectivity index (χ1v) is 7.79. The summed E-state index contributed by atoms with van der Waals surface area (Å²) in [6, 6.07) is 15.1. The van der Waals surface area contributed by atoms with E-state index in [0.29, 0.717) is 15.9 Å². The van der Waals surface area contributed by atoms with E-state index in [2.05, 4.69) is 21.2 Å². The number of hydrogen-bond donors (Lipinski definition) is 1. The molecule has 4 heteroatoms. The first kappa shape index (κ1) is 15.1. The average Bonchev–Trinajstić information content (AvgIpc) is 2.45. The maximum Gasteiger partial charge on any atom is 0.252 e. The van der Waals surface area contributed by atoms with Crippen molar-refractivity contribution in [1.82, 2.24) is 5.32 Å². The summed E-state index contributed by atoms with van der Waals surface area (Å²) in [6.07, 6.45) is 0. The minimum atomic E-state index is -0.0903. The fraction of sp³-hybridized carbons (Fsp3) is 0.188. The Bertz CT molecular complexity index is 601. The van der Waals surface area contributed by atoms with Crippen LogP contribution in [0.5, 0.6) is 0 Å². The SMILES string of the molecule is Cc1cc(Cl)ccc1C(=O)NC(CBr)c1ccccc1. The number of aryl methyl sites for hydroxylation is 1. The summed E-state index contributed by atoms with van der Waals surface area (Å²) in [5.41, 5.74) is 2.59. The minimum absolute atomic E-state index is 0.0567. The van der Waals surface area contributed by atoms with Crippen molar-refractivity contribution < 1.29 is 4.79 Å². The molecule has 0 aliphatic rings. The molecule has 2 aromatic carbocycles. The number of benzene rings is 2. The Labute approximate surface area is 132 Å². The molecule has 20 heavy (non-hydrogen) atoms. The number of hydrogen-bond acceptors (Lipinski definition) is 1. The molecule has 0 heterocycles. The van der Waals surface area contributed by atoms with Gasteiger partial charge in [0.2, 0.25) is 0 Å². The number of nitrogens with one attached hydrogen (secondary N) is 1. The molecule has 104 valence electrons. The third-order valence-electron chi connectivity index (χ3n) is 3.09. The highest BCUT2D eigenvalue weighted by Crippen LogP contribution is 2.19. The third kappa shape index (κ3) is 3.62. The van der Waals surface area contributed by atoms with Crippen LogP contribution >= 0.6 is 27.5 Å². The number of amides is 1. The summed E-state index contributed by atoms with van der Waals surface area (Å²) in [4.78, 5) is 12.3. The molecule has 0 fully saturated rings. The Hall–Kier alpha value is -1.32. The highest BCUT2D eigenvalue weighted by atomic mass is 79.9. The van der Waals surface area contributed by atoms with Crippen LogP contribution in [0.15, 0.2) is 48.5 Å². The van der Waals surface area contributed by atoms with Gasteiger partial charge in [0.1, 0.15) is 0 Å². The smallest absolute Gasteiger partial charge is 0.252 e. The van der Waals surface area contributed by atoms with E-state index < -0.39 is 0 Å². The number of halogens is 2. The fourth-order valence-electron chi connectivity index (χ4n) is 2.01. The molecule has 0 aliphatic heterocycles. The van der Waals surface area contributed by atoms with Crippen LogP contribution in [-0.4, -0.2) is 11.2 Å². The van der Waals surface area contributed by atoms with Crippen LogP contribution in [-0.2, 0) is 0 Å². The molecule has 2 nitrogen and oxygen atoms in total. The van der Waals surface area contributed by atoms with Gasteiger partial charge in [0.15, 0.2) is 0 Å². The lowest BCUT2D eigenvalue weighted by molar-refractivity contribution is 0.0940. The number of alkyl halides is 1. The van der Waals surface area contributed by atoms with E-state index in [1.54, 1.807) is 18.2 Å². The summed E-state index contributed by atoms with van der Waals surface area (Å²) in [6.45, 7) is 1.88. The second-order valence-electron chi connectivity index (χ2n) is 4.55. The van der Waals surface area contributed by atoms with Crippen LogP contribution in [0.25, 0.3) is 0 Å². The van der Waals surface area contributed by atoms with Gasteiger partial charge in [-0.05, 0) is 36.2 Å². The molecule has 1 unspecified atom stereocenters. The van der Waals surface area contributed by atoms with Crippen molar-refractivity contribution in [2.24, 2.45) is 0 Å². The Morgan fingerprint density at radius 1 is 1.25 bits per heavy atom. The summed E-state index contributed by atoms with van der Waals surface area (Å²) in [5.74, 6) is -0.0903. The van der Waals surface area contributed by atoms with E-state index in [9.17, 15) is 4.79 Å². The lowest BCUT2D eigenvalue weighted by Crippen LogP contribution is -2.30. The summed E-state index contributed by atoms with van der Waals surface area (Å²) in [7, 11) is 0. The van der Waals surface area contributed by atoms with Gasteiger partial charge in [0.05, 0.1) is 6.04 Å². The molecule has 1 atom stereocenters. The van der Waals surface area contributed by atoms with Crippen LogP contribution < -0.4 is 5.32 Å². The van der Waals surface area contributed by atoms with Gasteiger partial charge in [-0.1, -0.05) is 57.9 Å². The van der Waals surface area contributed by atoms with Gasteiger partial charge in [-0.2, -0.15) is 0 Å². The van der Waals surface area contributed by atoms with Gasteiger partial charge in [-0.25, -0.2) is 0 Å². The number of carbonyl (C=O) groups is 1. The van der Waals surface area contributed by atoms with Gasteiger partial charge in [-0.3, -0.25) is 4.79 Å². The van der Waals surface area contributed by atoms with E-state index in [-0.39, 0.29) is 11.9 Å². The summed E-state index contributed by atoms with van der Waals surface area (Å²) < 4.78 is 0. The summed E-state index contributed by atoms with van der Waals surface area (Å²) >= 11 is 9.36. The van der Waals surface area contributed by atoms with Crippen molar-refractivity contribution in [3.63, 3.8) is 0 Å². The first-order chi connectivity index (χ1) is 9.61. The van der Waals surface area contributed by atoms with E-state index >= 15 is 0 Å². The maximum atomic E-state index is 12.3. The van der Waals surface area contributed by atoms with Gasteiger partial charge in [0, 0.05) is 15.9 Å². The fourth-order valence-corrected chi connectivity index (χ4v) is 2.78. The molecule has 0 aromatic heterocycles. The third-order valence-corrected chi connectivity index (χ3v) is 3.98. The zero-order chi connectivity index (χ0) is 14.5. The van der Waals surface area contributed by atoms with Crippen LogP contribution in [0.2, 0.25) is 5.02 Å². The molecule has 0 saturated heterocycles. The molecule has 1 N–H and O–H groups in total. The molecule has 0 aliphatic carbocycles. The van der Waals surface area contributed by atoms with Crippen LogP contribution in [0.1, 0.15) is 27.5 Å². The Morgan fingerprint density at radius 3 is 2.55 bits per heavy atom. The van der Waals surface area contributed by atoms with Crippen molar-refractivity contribution >= 4 is 33.4 Å². The van der Waals surface area contributed by atoms with Crippen molar-refractivity contribution in [2.45, 2.75) is 13.0 Å². The predicted octanol–water partition coefficient (Wildman–Crippen LogP) is 4.51. The van der Waals surface area contributed by atoms with Crippen LogP contribution in [0.4, 0.5) is 0 Å². The monoisotopic (exact) mass is 351 g/mol. The molecular formula is C16H15BrClNO. The highest BCUT2D eigenvalue weighted by Gasteiger charge is 2.15. The van der Waals surface area contributed by atoms with Crippen molar-refractivity contribution in [3.05, 3.63) is 70.2 Å². The minimum Gasteiger partial charge on any atom is -0.344 e. The number of carbonyl (C=O) groups excluding carboxylic acids is 1. The second-order valence-corrected chi connectivity index (χ2v) is 5.63. The predicted molar refractivity (Wildman–Crippen MR) is 86.6 cm³/mol. The molecule has 1 amide bonds. The average molecular weight is 353 g/mol. The molecule has 0 radical (unpaired) electrons. The van der Waals surface area contributed by atoms with E-state index in [0.717, 1.165) is 11.1 Å². The van der Waals surface area contributed by atoms with Crippen molar-refractivity contribution in [2.75, 3.05) is 5.33 Å².